The van der Waals surface area contributed by atoms with Crippen molar-refractivity contribution < 1.29 is 33.8 Å². The van der Waals surface area contributed by atoms with Gasteiger partial charge in [0, 0.05) is 35.2 Å². The van der Waals surface area contributed by atoms with Crippen LogP contribution in [0.2, 0.25) is 0 Å². The summed E-state index contributed by atoms with van der Waals surface area (Å²) in [6.07, 6.45) is 0.689. The zero-order valence-electron chi connectivity index (χ0n) is 23.9. The summed E-state index contributed by atoms with van der Waals surface area (Å²) in [7, 11) is 0. The van der Waals surface area contributed by atoms with E-state index in [2.05, 4.69) is 10.3 Å². The molecule has 9 nitrogen and oxygen atoms in total. The van der Waals surface area contributed by atoms with Crippen LogP contribution >= 0.6 is 0 Å². The van der Waals surface area contributed by atoms with Gasteiger partial charge in [-0.15, -0.1) is 0 Å². The minimum Gasteiger partial charge on any atom is -0.493 e. The number of hydrogen-bond donors (Lipinski definition) is 3. The van der Waals surface area contributed by atoms with Crippen LogP contribution in [0.25, 0.3) is 11.5 Å². The number of benzene rings is 4. The summed E-state index contributed by atoms with van der Waals surface area (Å²) < 4.78 is 11.7. The quantitative estimate of drug-likeness (QED) is 0.135. The molecule has 1 heterocycles. The summed E-state index contributed by atoms with van der Waals surface area (Å²) in [5.41, 5.74) is 2.84. The topological polar surface area (TPSA) is 139 Å². The van der Waals surface area contributed by atoms with Crippen LogP contribution in [-0.4, -0.2) is 45.6 Å². The third-order valence-electron chi connectivity index (χ3n) is 7.09. The number of ketones is 1. The number of carboxylic acid groups (broad SMARTS) is 2. The number of rotatable bonds is 13. The van der Waals surface area contributed by atoms with Gasteiger partial charge in [-0.2, -0.15) is 0 Å². The maximum Gasteiger partial charge on any atom is 0.336 e. The number of anilines is 1. The van der Waals surface area contributed by atoms with Gasteiger partial charge >= 0.3 is 11.9 Å². The number of aromatic nitrogens is 1. The van der Waals surface area contributed by atoms with Crippen molar-refractivity contribution in [3.05, 3.63) is 137 Å². The van der Waals surface area contributed by atoms with Gasteiger partial charge in [-0.25, -0.2) is 14.6 Å². The lowest BCUT2D eigenvalue weighted by Crippen LogP contribution is -2.32. The smallest absolute Gasteiger partial charge is 0.336 e. The zero-order valence-corrected chi connectivity index (χ0v) is 23.9. The maximum atomic E-state index is 13.3. The number of oxazole rings is 1. The van der Waals surface area contributed by atoms with E-state index in [9.17, 15) is 24.6 Å². The highest BCUT2D eigenvalue weighted by atomic mass is 16.5. The Hall–Kier alpha value is -5.70. The summed E-state index contributed by atoms with van der Waals surface area (Å²) in [5, 5.41) is 22.5. The molecule has 1 unspecified atom stereocenters. The van der Waals surface area contributed by atoms with Gasteiger partial charge < -0.3 is 24.7 Å². The van der Waals surface area contributed by atoms with E-state index >= 15 is 0 Å². The second kappa shape index (κ2) is 13.5. The molecule has 0 bridgehead atoms. The SMILES string of the molecule is Cc1oc(-c2ccccc2)nc1CCOc1ccc(CC(Nc2ccccc2C(=O)c2ccccc2C(=O)O)C(=O)O)cc1. The van der Waals surface area contributed by atoms with Crippen molar-refractivity contribution in [1.82, 2.24) is 4.98 Å². The standard InChI is InChI=1S/C35H30N2O7/c1-22-29(37-33(44-22)24-9-3-2-4-10-24)19-20-43-25-17-15-23(16-18-25)21-31(35(41)42)36-30-14-8-7-13-28(30)32(38)26-11-5-6-12-27(26)34(39)40/h2-18,31,36H,19-21H2,1H3,(H,39,40)(H,41,42). The number of carbonyl (C=O) groups is 3. The average molecular weight is 591 g/mol. The molecule has 5 rings (SSSR count). The van der Waals surface area contributed by atoms with Crippen molar-refractivity contribution in [2.24, 2.45) is 0 Å². The summed E-state index contributed by atoms with van der Waals surface area (Å²) in [5.74, 6) is -0.901. The molecule has 0 aliphatic rings. The van der Waals surface area contributed by atoms with Gasteiger partial charge in [0.15, 0.2) is 5.78 Å². The Morgan fingerprint density at radius 3 is 2.14 bits per heavy atom. The largest absolute Gasteiger partial charge is 0.493 e. The molecule has 5 aromatic rings. The van der Waals surface area contributed by atoms with Gasteiger partial charge in [-0.1, -0.05) is 60.7 Å². The van der Waals surface area contributed by atoms with Crippen molar-refractivity contribution >= 4 is 23.4 Å². The number of nitrogens with one attached hydrogen (secondary N) is 1. The molecule has 9 heteroatoms. The monoisotopic (exact) mass is 590 g/mol. The summed E-state index contributed by atoms with van der Waals surface area (Å²) in [6, 6.07) is 28.1. The minimum absolute atomic E-state index is 0.0204. The molecule has 0 saturated heterocycles. The first-order valence-electron chi connectivity index (χ1n) is 14.0. The molecule has 0 aliphatic heterocycles. The number of carbonyl (C=O) groups excluding carboxylic acids is 1. The fourth-order valence-electron chi connectivity index (χ4n) is 4.79. The highest BCUT2D eigenvalue weighted by Crippen LogP contribution is 2.24. The molecule has 0 radical (unpaired) electrons. The Labute approximate surface area is 253 Å². The van der Waals surface area contributed by atoms with Crippen LogP contribution in [0.15, 0.2) is 108 Å². The van der Waals surface area contributed by atoms with Crippen molar-refractivity contribution in [3.63, 3.8) is 0 Å². The second-order valence-corrected chi connectivity index (χ2v) is 10.1. The zero-order chi connectivity index (χ0) is 31.1. The van der Waals surface area contributed by atoms with Crippen LogP contribution < -0.4 is 10.1 Å². The van der Waals surface area contributed by atoms with Crippen molar-refractivity contribution in [2.45, 2.75) is 25.8 Å². The summed E-state index contributed by atoms with van der Waals surface area (Å²) in [6.45, 7) is 2.26. The van der Waals surface area contributed by atoms with E-state index in [4.69, 9.17) is 9.15 Å². The molecule has 0 saturated carbocycles. The molecule has 0 amide bonds. The fraction of sp³-hybridized carbons (Fsp3) is 0.143. The Bertz CT molecular complexity index is 1780. The van der Waals surface area contributed by atoms with Crippen molar-refractivity contribution in [2.75, 3.05) is 11.9 Å². The van der Waals surface area contributed by atoms with E-state index in [0.29, 0.717) is 30.4 Å². The van der Waals surface area contributed by atoms with Gasteiger partial charge in [-0.05, 0) is 55.0 Å². The number of aromatic carboxylic acids is 1. The van der Waals surface area contributed by atoms with Crippen LogP contribution in [0.5, 0.6) is 5.75 Å². The second-order valence-electron chi connectivity index (χ2n) is 10.1. The van der Waals surface area contributed by atoms with Gasteiger partial charge in [0.25, 0.3) is 0 Å². The van der Waals surface area contributed by atoms with Gasteiger partial charge in [0.2, 0.25) is 5.89 Å². The number of nitrogens with zero attached hydrogens (tertiary/aromatic N) is 1. The minimum atomic E-state index is -1.22. The van der Waals surface area contributed by atoms with Crippen LogP contribution in [-0.2, 0) is 17.6 Å². The number of hydrogen-bond acceptors (Lipinski definition) is 7. The van der Waals surface area contributed by atoms with Crippen molar-refractivity contribution in [3.8, 4) is 17.2 Å². The molecule has 0 spiro atoms. The number of aryl methyl sites for hydroxylation is 1. The molecule has 0 fully saturated rings. The van der Waals surface area contributed by atoms with Crippen LogP contribution in [0.4, 0.5) is 5.69 Å². The molecule has 0 aliphatic carbocycles. The van der Waals surface area contributed by atoms with E-state index in [0.717, 1.165) is 22.6 Å². The molecular formula is C35H30N2O7. The maximum absolute atomic E-state index is 13.3. The van der Waals surface area contributed by atoms with Crippen molar-refractivity contribution in [1.29, 1.82) is 0 Å². The van der Waals surface area contributed by atoms with Crippen LogP contribution in [0.1, 0.15) is 43.3 Å². The Morgan fingerprint density at radius 2 is 1.45 bits per heavy atom. The van der Waals surface area contributed by atoms with E-state index in [1.165, 1.54) is 18.2 Å². The average Bonchev–Trinajstić information content (AvgIpc) is 3.41. The van der Waals surface area contributed by atoms with Gasteiger partial charge in [0.05, 0.1) is 17.9 Å². The highest BCUT2D eigenvalue weighted by Gasteiger charge is 2.23. The first-order valence-corrected chi connectivity index (χ1v) is 14.0. The normalized spacial score (nSPS) is 11.5. The molecule has 4 aromatic carbocycles. The van der Waals surface area contributed by atoms with E-state index in [-0.39, 0.29) is 23.1 Å². The lowest BCUT2D eigenvalue weighted by molar-refractivity contribution is -0.137. The van der Waals surface area contributed by atoms with Gasteiger partial charge in [0.1, 0.15) is 17.6 Å². The summed E-state index contributed by atoms with van der Waals surface area (Å²) in [4.78, 5) is 41.8. The summed E-state index contributed by atoms with van der Waals surface area (Å²) >= 11 is 0. The molecule has 1 aromatic heterocycles. The molecular weight excluding hydrogens is 560 g/mol. The highest BCUT2D eigenvalue weighted by molar-refractivity contribution is 6.16. The van der Waals surface area contributed by atoms with E-state index in [1.807, 2.05) is 37.3 Å². The number of ether oxygens (including phenoxy) is 1. The predicted molar refractivity (Wildman–Crippen MR) is 164 cm³/mol. The van der Waals surface area contributed by atoms with E-state index < -0.39 is 23.8 Å². The van der Waals surface area contributed by atoms with Crippen LogP contribution in [0.3, 0.4) is 0 Å². The third-order valence-corrected chi connectivity index (χ3v) is 7.09. The number of para-hydroxylation sites is 1. The third kappa shape index (κ3) is 7.01. The van der Waals surface area contributed by atoms with Crippen LogP contribution in [0, 0.1) is 6.92 Å². The first kappa shape index (κ1) is 29.8. The molecule has 44 heavy (non-hydrogen) atoms. The number of carboxylic acids is 2. The Morgan fingerprint density at radius 1 is 0.818 bits per heavy atom. The Kier molecular flexibility index (Phi) is 9.15. The predicted octanol–water partition coefficient (Wildman–Crippen LogP) is 6.31. The van der Waals surface area contributed by atoms with E-state index in [1.54, 1.807) is 54.6 Å². The lowest BCUT2D eigenvalue weighted by atomic mass is 9.96. The Balaban J connectivity index is 1.22. The lowest BCUT2D eigenvalue weighted by Gasteiger charge is -2.19. The molecule has 3 N–H and O–H groups in total. The fourth-order valence-corrected chi connectivity index (χ4v) is 4.79. The van der Waals surface area contributed by atoms with Gasteiger partial charge in [-0.3, -0.25) is 4.79 Å². The number of aliphatic carboxylic acids is 1. The first-order chi connectivity index (χ1) is 21.3. The molecule has 1 atom stereocenters. The molecule has 222 valence electrons.